The molecule has 53 heavy (non-hydrogen) atoms. The third kappa shape index (κ3) is 5.43. The van der Waals surface area contributed by atoms with Crippen molar-refractivity contribution in [2.24, 2.45) is 0 Å². The number of para-hydroxylation sites is 1. The number of pyridine rings is 1. The first-order valence-corrected chi connectivity index (χ1v) is 17.6. The second kappa shape index (κ2) is 12.8. The van der Waals surface area contributed by atoms with Crippen molar-refractivity contribution >= 4 is 32.8 Å². The van der Waals surface area contributed by atoms with Gasteiger partial charge in [-0.3, -0.25) is 4.98 Å². The van der Waals surface area contributed by atoms with Crippen molar-refractivity contribution in [3.05, 3.63) is 182 Å². The quantitative estimate of drug-likeness (QED) is 0.175. The van der Waals surface area contributed by atoms with Crippen LogP contribution in [-0.2, 0) is 0 Å². The zero-order valence-corrected chi connectivity index (χ0v) is 28.5. The summed E-state index contributed by atoms with van der Waals surface area (Å²) in [5.74, 6) is 1.26. The minimum absolute atomic E-state index is 0.576. The summed E-state index contributed by atoms with van der Waals surface area (Å²) >= 11 is 0. The predicted molar refractivity (Wildman–Crippen MR) is 215 cm³/mol. The van der Waals surface area contributed by atoms with Crippen molar-refractivity contribution in [2.75, 3.05) is 0 Å². The summed E-state index contributed by atoms with van der Waals surface area (Å²) in [6.45, 7) is 0. The lowest BCUT2D eigenvalue weighted by Gasteiger charge is -2.19. The number of oxazole rings is 1. The van der Waals surface area contributed by atoms with E-state index in [1.165, 1.54) is 5.39 Å². The van der Waals surface area contributed by atoms with Crippen LogP contribution in [0.25, 0.3) is 100 Å². The lowest BCUT2D eigenvalue weighted by Crippen LogP contribution is -1.98. The van der Waals surface area contributed by atoms with Gasteiger partial charge in [0.25, 0.3) is 0 Å². The van der Waals surface area contributed by atoms with E-state index in [-0.39, 0.29) is 0 Å². The molecule has 0 unspecified atom stereocenters. The molecule has 0 spiro atoms. The second-order valence-electron chi connectivity index (χ2n) is 13.0. The Labute approximate surface area is 305 Å². The summed E-state index contributed by atoms with van der Waals surface area (Å²) in [6, 6.07) is 58.9. The summed E-state index contributed by atoms with van der Waals surface area (Å²) in [7, 11) is 0. The van der Waals surface area contributed by atoms with Crippen molar-refractivity contribution in [1.29, 1.82) is 0 Å². The van der Waals surface area contributed by atoms with Gasteiger partial charge in [-0.25, -0.2) is 15.0 Å². The van der Waals surface area contributed by atoms with E-state index < -0.39 is 0 Å². The van der Waals surface area contributed by atoms with Crippen LogP contribution in [0.2, 0.25) is 0 Å². The summed E-state index contributed by atoms with van der Waals surface area (Å²) in [5, 5.41) is 3.36. The molecule has 0 saturated heterocycles. The summed E-state index contributed by atoms with van der Waals surface area (Å²) in [4.78, 5) is 19.4. The molecule has 0 atom stereocenters. The molecule has 7 aromatic carbocycles. The van der Waals surface area contributed by atoms with E-state index in [9.17, 15) is 0 Å². The number of hydrogen-bond acceptors (Lipinski definition) is 5. The van der Waals surface area contributed by atoms with Crippen LogP contribution in [0.5, 0.6) is 0 Å². The molecule has 0 bridgehead atoms. The molecule has 0 amide bonds. The Morgan fingerprint density at radius 1 is 0.396 bits per heavy atom. The van der Waals surface area contributed by atoms with Crippen molar-refractivity contribution in [2.45, 2.75) is 0 Å². The lowest BCUT2D eigenvalue weighted by atomic mass is 9.85. The molecule has 10 aromatic rings. The number of fused-ring (bicyclic) bond motifs is 3. The zero-order valence-electron chi connectivity index (χ0n) is 28.5. The zero-order chi connectivity index (χ0) is 35.1. The lowest BCUT2D eigenvalue weighted by molar-refractivity contribution is 0.620. The monoisotopic (exact) mass is 678 g/mol. The Kier molecular flexibility index (Phi) is 7.40. The third-order valence-corrected chi connectivity index (χ3v) is 9.86. The van der Waals surface area contributed by atoms with Crippen molar-refractivity contribution in [3.8, 4) is 67.5 Å². The normalized spacial score (nSPS) is 11.4. The standard InChI is InChI=1S/C48H30N4O/c1-2-13-32(14-3-1)46-41-20-10-11-21-42(41)50-47(52-46)40-19-9-7-17-37(40)39-24-22-31-12-4-5-16-36(31)45(39)38-18-8-6-15-35(38)34-23-25-43-44(30-34)53-48(51-43)33-26-28-49-29-27-33/h1-30H. The fraction of sp³-hybridized carbons (Fsp3) is 0. The average molecular weight is 679 g/mol. The molecule has 0 saturated carbocycles. The number of benzene rings is 7. The Balaban J connectivity index is 1.18. The predicted octanol–water partition coefficient (Wildman–Crippen LogP) is 12.3. The highest BCUT2D eigenvalue weighted by Crippen LogP contribution is 2.45. The van der Waals surface area contributed by atoms with E-state index in [1.54, 1.807) is 12.4 Å². The Hall–Kier alpha value is -7.24. The van der Waals surface area contributed by atoms with E-state index in [4.69, 9.17) is 19.4 Å². The van der Waals surface area contributed by atoms with E-state index in [0.29, 0.717) is 11.7 Å². The van der Waals surface area contributed by atoms with Gasteiger partial charge in [0.2, 0.25) is 5.89 Å². The van der Waals surface area contributed by atoms with E-state index in [0.717, 1.165) is 83.2 Å². The van der Waals surface area contributed by atoms with Gasteiger partial charge in [-0.1, -0.05) is 140 Å². The second-order valence-corrected chi connectivity index (χ2v) is 13.0. The van der Waals surface area contributed by atoms with Crippen molar-refractivity contribution in [1.82, 2.24) is 19.9 Å². The van der Waals surface area contributed by atoms with Gasteiger partial charge in [-0.05, 0) is 74.5 Å². The highest BCUT2D eigenvalue weighted by atomic mass is 16.3. The third-order valence-electron chi connectivity index (χ3n) is 9.86. The van der Waals surface area contributed by atoms with Gasteiger partial charge in [0.15, 0.2) is 11.4 Å². The molecule has 5 heteroatoms. The number of nitrogens with zero attached hydrogens (tertiary/aromatic N) is 4. The van der Waals surface area contributed by atoms with E-state index >= 15 is 0 Å². The molecule has 10 rings (SSSR count). The maximum atomic E-state index is 6.31. The molecule has 3 aromatic heterocycles. The van der Waals surface area contributed by atoms with Crippen molar-refractivity contribution < 1.29 is 4.42 Å². The van der Waals surface area contributed by atoms with Crippen molar-refractivity contribution in [3.63, 3.8) is 0 Å². The fourth-order valence-corrected chi connectivity index (χ4v) is 7.38. The molecule has 3 heterocycles. The highest BCUT2D eigenvalue weighted by molar-refractivity contribution is 6.09. The van der Waals surface area contributed by atoms with Gasteiger partial charge in [-0.2, -0.15) is 0 Å². The van der Waals surface area contributed by atoms with Gasteiger partial charge in [-0.15, -0.1) is 0 Å². The van der Waals surface area contributed by atoms with Crippen LogP contribution in [0.1, 0.15) is 0 Å². The largest absolute Gasteiger partial charge is 0.436 e. The minimum atomic E-state index is 0.576. The van der Waals surface area contributed by atoms with Crippen LogP contribution in [0.4, 0.5) is 0 Å². The molecule has 5 nitrogen and oxygen atoms in total. The molecular formula is C48H30N4O. The molecule has 0 radical (unpaired) electrons. The number of rotatable bonds is 6. The van der Waals surface area contributed by atoms with Crippen LogP contribution in [0.15, 0.2) is 187 Å². The smallest absolute Gasteiger partial charge is 0.227 e. The Bertz CT molecular complexity index is 2950. The molecule has 248 valence electrons. The summed E-state index contributed by atoms with van der Waals surface area (Å²) in [6.07, 6.45) is 3.50. The molecule has 0 fully saturated rings. The summed E-state index contributed by atoms with van der Waals surface area (Å²) in [5.41, 5.74) is 12.8. The molecule has 0 aliphatic carbocycles. The van der Waals surface area contributed by atoms with Gasteiger partial charge >= 0.3 is 0 Å². The van der Waals surface area contributed by atoms with Gasteiger partial charge in [0.1, 0.15) is 5.52 Å². The topological polar surface area (TPSA) is 64.7 Å². The number of hydrogen-bond donors (Lipinski definition) is 0. The van der Waals surface area contributed by atoms with Crippen LogP contribution >= 0.6 is 0 Å². The van der Waals surface area contributed by atoms with Crippen LogP contribution in [0, 0.1) is 0 Å². The molecule has 0 aliphatic heterocycles. The number of aromatic nitrogens is 4. The maximum Gasteiger partial charge on any atom is 0.227 e. The Morgan fingerprint density at radius 3 is 1.94 bits per heavy atom. The van der Waals surface area contributed by atoms with Gasteiger partial charge in [0, 0.05) is 34.5 Å². The van der Waals surface area contributed by atoms with Crippen LogP contribution in [0.3, 0.4) is 0 Å². The average Bonchev–Trinajstić information content (AvgIpc) is 3.67. The van der Waals surface area contributed by atoms with Crippen LogP contribution < -0.4 is 0 Å². The fourth-order valence-electron chi connectivity index (χ4n) is 7.38. The summed E-state index contributed by atoms with van der Waals surface area (Å²) < 4.78 is 6.31. The molecule has 0 N–H and O–H groups in total. The van der Waals surface area contributed by atoms with E-state index in [2.05, 4.69) is 138 Å². The molecular weight excluding hydrogens is 649 g/mol. The minimum Gasteiger partial charge on any atom is -0.436 e. The first-order chi connectivity index (χ1) is 26.3. The van der Waals surface area contributed by atoms with Crippen LogP contribution in [-0.4, -0.2) is 19.9 Å². The van der Waals surface area contributed by atoms with Gasteiger partial charge in [0.05, 0.1) is 11.2 Å². The molecule has 0 aliphatic rings. The first kappa shape index (κ1) is 30.6. The highest BCUT2D eigenvalue weighted by Gasteiger charge is 2.21. The Morgan fingerprint density at radius 2 is 1.09 bits per heavy atom. The maximum absolute atomic E-state index is 6.31. The first-order valence-electron chi connectivity index (χ1n) is 17.6. The van der Waals surface area contributed by atoms with E-state index in [1.807, 2.05) is 36.4 Å². The SMILES string of the molecule is c1ccc(-c2nc(-c3ccccc3-c3ccc4ccccc4c3-c3ccccc3-c3ccc4nc(-c5ccncc5)oc4c3)nc3ccccc23)cc1. The van der Waals surface area contributed by atoms with Gasteiger partial charge < -0.3 is 4.42 Å².